The molecular formula is C14H15NO3S2. The molecule has 0 saturated carbocycles. The minimum atomic E-state index is -3.41. The summed E-state index contributed by atoms with van der Waals surface area (Å²) >= 11 is 1.55. The molecule has 2 atom stereocenters. The predicted octanol–water partition coefficient (Wildman–Crippen LogP) is 2.51. The van der Waals surface area contributed by atoms with E-state index in [4.69, 9.17) is 4.84 Å². The average molecular weight is 309 g/mol. The minimum Gasteiger partial charge on any atom is -0.297 e. The van der Waals surface area contributed by atoms with Gasteiger partial charge in [-0.05, 0) is 23.6 Å². The van der Waals surface area contributed by atoms with Gasteiger partial charge in [-0.25, -0.2) is 8.42 Å². The van der Waals surface area contributed by atoms with Crippen LogP contribution in [0.15, 0.2) is 52.7 Å². The summed E-state index contributed by atoms with van der Waals surface area (Å²) < 4.78 is 25.6. The average Bonchev–Trinajstić information content (AvgIpc) is 3.08. The van der Waals surface area contributed by atoms with Gasteiger partial charge in [-0.2, -0.15) is 5.06 Å². The van der Waals surface area contributed by atoms with Gasteiger partial charge in [-0.1, -0.05) is 24.3 Å². The molecule has 0 radical (unpaired) electrons. The Morgan fingerprint density at radius 1 is 1.20 bits per heavy atom. The molecule has 6 heteroatoms. The smallest absolute Gasteiger partial charge is 0.185 e. The molecule has 0 amide bonds. The highest BCUT2D eigenvalue weighted by Gasteiger charge is 2.44. The van der Waals surface area contributed by atoms with Gasteiger partial charge in [0.1, 0.15) is 5.25 Å². The first-order valence-electron chi connectivity index (χ1n) is 6.29. The van der Waals surface area contributed by atoms with Crippen molar-refractivity contribution in [3.05, 3.63) is 52.7 Å². The van der Waals surface area contributed by atoms with Crippen molar-refractivity contribution in [1.82, 2.24) is 5.06 Å². The number of nitrogens with zero attached hydrogens (tertiary/aromatic N) is 1. The van der Waals surface area contributed by atoms with E-state index in [1.54, 1.807) is 47.7 Å². The Kier molecular flexibility index (Phi) is 3.64. The van der Waals surface area contributed by atoms with E-state index in [9.17, 15) is 8.42 Å². The third kappa shape index (κ3) is 2.29. The van der Waals surface area contributed by atoms with Crippen LogP contribution in [0.3, 0.4) is 0 Å². The maximum absolute atomic E-state index is 12.8. The molecule has 0 N–H and O–H groups in total. The van der Waals surface area contributed by atoms with Crippen molar-refractivity contribution in [2.45, 2.75) is 16.2 Å². The van der Waals surface area contributed by atoms with Crippen LogP contribution in [0.4, 0.5) is 0 Å². The number of sulfone groups is 1. The number of hydrogen-bond donors (Lipinski definition) is 0. The lowest BCUT2D eigenvalue weighted by atomic mass is 10.2. The van der Waals surface area contributed by atoms with Crippen LogP contribution in [0, 0.1) is 0 Å². The molecule has 3 rings (SSSR count). The summed E-state index contributed by atoms with van der Waals surface area (Å²) in [6.45, 7) is 0.191. The van der Waals surface area contributed by atoms with Gasteiger partial charge in [0.15, 0.2) is 9.84 Å². The SMILES string of the molecule is CN1OC[C@H](S(=O)(=O)c2ccccc2)[C@H]1c1cccs1. The topological polar surface area (TPSA) is 46.6 Å². The summed E-state index contributed by atoms with van der Waals surface area (Å²) in [7, 11) is -1.62. The van der Waals surface area contributed by atoms with Crippen LogP contribution in [0.25, 0.3) is 0 Å². The number of hydrogen-bond acceptors (Lipinski definition) is 5. The standard InChI is InChI=1S/C14H15NO3S2/c1-15-14(12-8-5-9-19-12)13(10-18-15)20(16,17)11-6-3-2-4-7-11/h2-9,13-14H,10H2,1H3/t13-,14+/m0/s1. The van der Waals surface area contributed by atoms with Crippen LogP contribution in [0.1, 0.15) is 10.9 Å². The lowest BCUT2D eigenvalue weighted by molar-refractivity contribution is -0.110. The zero-order valence-electron chi connectivity index (χ0n) is 11.0. The van der Waals surface area contributed by atoms with Gasteiger partial charge < -0.3 is 0 Å². The van der Waals surface area contributed by atoms with Crippen molar-refractivity contribution in [1.29, 1.82) is 0 Å². The zero-order valence-corrected chi connectivity index (χ0v) is 12.6. The van der Waals surface area contributed by atoms with E-state index >= 15 is 0 Å². The summed E-state index contributed by atoms with van der Waals surface area (Å²) in [5.74, 6) is 0. The van der Waals surface area contributed by atoms with Crippen molar-refractivity contribution in [2.24, 2.45) is 0 Å². The predicted molar refractivity (Wildman–Crippen MR) is 78.2 cm³/mol. The fraction of sp³-hybridized carbons (Fsp3) is 0.286. The second-order valence-corrected chi connectivity index (χ2v) is 7.84. The van der Waals surface area contributed by atoms with Crippen LogP contribution in [-0.4, -0.2) is 32.4 Å². The van der Waals surface area contributed by atoms with Gasteiger partial charge in [-0.3, -0.25) is 4.84 Å². The molecule has 0 bridgehead atoms. The highest BCUT2D eigenvalue weighted by atomic mass is 32.2. The molecule has 0 aliphatic carbocycles. The summed E-state index contributed by atoms with van der Waals surface area (Å²) in [4.78, 5) is 6.83. The molecule has 0 unspecified atom stereocenters. The first kappa shape index (κ1) is 13.8. The Labute approximate surface area is 122 Å². The molecule has 0 spiro atoms. The summed E-state index contributed by atoms with van der Waals surface area (Å²) in [6.07, 6.45) is 0. The second-order valence-electron chi connectivity index (χ2n) is 4.70. The molecule has 106 valence electrons. The quantitative estimate of drug-likeness (QED) is 0.874. The maximum Gasteiger partial charge on any atom is 0.185 e. The van der Waals surface area contributed by atoms with Gasteiger partial charge in [-0.15, -0.1) is 11.3 Å². The van der Waals surface area contributed by atoms with Crippen LogP contribution in [-0.2, 0) is 14.7 Å². The van der Waals surface area contributed by atoms with E-state index in [0.29, 0.717) is 4.90 Å². The Bertz CT molecular complexity index is 668. The van der Waals surface area contributed by atoms with Gasteiger partial charge in [0, 0.05) is 11.9 Å². The van der Waals surface area contributed by atoms with Crippen molar-refractivity contribution in [3.63, 3.8) is 0 Å². The second kappa shape index (κ2) is 5.29. The molecule has 1 fully saturated rings. The van der Waals surface area contributed by atoms with E-state index in [1.807, 2.05) is 23.6 Å². The lowest BCUT2D eigenvalue weighted by Gasteiger charge is -2.21. The van der Waals surface area contributed by atoms with E-state index in [2.05, 4.69) is 0 Å². The van der Waals surface area contributed by atoms with Crippen molar-refractivity contribution < 1.29 is 13.3 Å². The number of thiophene rings is 1. The van der Waals surface area contributed by atoms with Crippen LogP contribution in [0.5, 0.6) is 0 Å². The molecule has 4 nitrogen and oxygen atoms in total. The Hall–Kier alpha value is -1.21. The molecule has 2 aromatic rings. The first-order valence-corrected chi connectivity index (χ1v) is 8.71. The summed E-state index contributed by atoms with van der Waals surface area (Å²) in [5, 5.41) is 3.03. The number of hydroxylamine groups is 2. The number of rotatable bonds is 3. The van der Waals surface area contributed by atoms with E-state index in [0.717, 1.165) is 4.88 Å². The van der Waals surface area contributed by atoms with E-state index in [1.165, 1.54) is 0 Å². The highest BCUT2D eigenvalue weighted by molar-refractivity contribution is 7.92. The van der Waals surface area contributed by atoms with Gasteiger partial charge in [0.2, 0.25) is 0 Å². The van der Waals surface area contributed by atoms with Gasteiger partial charge in [0.25, 0.3) is 0 Å². The Morgan fingerprint density at radius 2 is 1.95 bits per heavy atom. The maximum atomic E-state index is 12.8. The Morgan fingerprint density at radius 3 is 2.60 bits per heavy atom. The molecule has 1 aliphatic heterocycles. The molecule has 1 aliphatic rings. The van der Waals surface area contributed by atoms with E-state index in [-0.39, 0.29) is 12.6 Å². The van der Waals surface area contributed by atoms with Crippen LogP contribution < -0.4 is 0 Å². The normalized spacial score (nSPS) is 24.1. The molecule has 2 heterocycles. The Balaban J connectivity index is 2.01. The van der Waals surface area contributed by atoms with Crippen molar-refractivity contribution in [3.8, 4) is 0 Å². The molecule has 1 aromatic carbocycles. The fourth-order valence-corrected chi connectivity index (χ4v) is 5.26. The third-order valence-electron chi connectivity index (χ3n) is 3.49. The first-order chi connectivity index (χ1) is 9.60. The van der Waals surface area contributed by atoms with Crippen molar-refractivity contribution in [2.75, 3.05) is 13.7 Å². The minimum absolute atomic E-state index is 0.191. The monoisotopic (exact) mass is 309 g/mol. The third-order valence-corrected chi connectivity index (χ3v) is 6.55. The van der Waals surface area contributed by atoms with Gasteiger partial charge in [0.05, 0.1) is 17.5 Å². The summed E-state index contributed by atoms with van der Waals surface area (Å²) in [6, 6.07) is 12.2. The van der Waals surface area contributed by atoms with Crippen LogP contribution in [0.2, 0.25) is 0 Å². The molecule has 20 heavy (non-hydrogen) atoms. The van der Waals surface area contributed by atoms with Gasteiger partial charge >= 0.3 is 0 Å². The molecule has 1 aromatic heterocycles. The summed E-state index contributed by atoms with van der Waals surface area (Å²) in [5.41, 5.74) is 0. The zero-order chi connectivity index (χ0) is 14.2. The highest BCUT2D eigenvalue weighted by Crippen LogP contribution is 2.37. The molecular weight excluding hydrogens is 294 g/mol. The lowest BCUT2D eigenvalue weighted by Crippen LogP contribution is -2.30. The van der Waals surface area contributed by atoms with Crippen LogP contribution >= 0.6 is 11.3 Å². The van der Waals surface area contributed by atoms with Crippen molar-refractivity contribution >= 4 is 21.2 Å². The number of benzene rings is 1. The fourth-order valence-electron chi connectivity index (χ4n) is 2.46. The largest absolute Gasteiger partial charge is 0.297 e. The molecule has 1 saturated heterocycles. The van der Waals surface area contributed by atoms with E-state index < -0.39 is 15.1 Å².